The Labute approximate surface area is 111 Å². The molecule has 1 aliphatic rings. The lowest BCUT2D eigenvalue weighted by Crippen LogP contribution is -2.44. The number of carbonyl (C=O) groups excluding carboxylic acids is 2. The zero-order valence-electron chi connectivity index (χ0n) is 10.5. The molecule has 1 fully saturated rings. The maximum absolute atomic E-state index is 12.3. The van der Waals surface area contributed by atoms with Crippen LogP contribution in [0.4, 0.5) is 5.69 Å². The van der Waals surface area contributed by atoms with Crippen LogP contribution in [0.3, 0.4) is 0 Å². The second-order valence-corrected chi connectivity index (χ2v) is 4.74. The number of nitrogen functional groups attached to an aromatic ring is 1. The van der Waals surface area contributed by atoms with Crippen LogP contribution >= 0.6 is 0 Å². The Morgan fingerprint density at radius 1 is 1.37 bits per heavy atom. The Morgan fingerprint density at radius 3 is 2.79 bits per heavy atom. The maximum atomic E-state index is 12.3. The summed E-state index contributed by atoms with van der Waals surface area (Å²) in [5.41, 5.74) is 11.2. The SMILES string of the molecule is NC(=O)[C@H]1CCCN(C(=O)c2cccc(N)c2O)C1. The number of hydrogen-bond donors (Lipinski definition) is 3. The van der Waals surface area contributed by atoms with E-state index in [0.29, 0.717) is 19.5 Å². The number of piperidine rings is 1. The number of rotatable bonds is 2. The number of anilines is 1. The fourth-order valence-corrected chi connectivity index (χ4v) is 2.30. The van der Waals surface area contributed by atoms with Gasteiger partial charge in [0.15, 0.2) is 5.75 Å². The molecule has 0 saturated carbocycles. The smallest absolute Gasteiger partial charge is 0.257 e. The van der Waals surface area contributed by atoms with Crippen LogP contribution in [-0.2, 0) is 4.79 Å². The van der Waals surface area contributed by atoms with Gasteiger partial charge in [0.1, 0.15) is 0 Å². The number of para-hydroxylation sites is 1. The van der Waals surface area contributed by atoms with E-state index in [0.717, 1.165) is 6.42 Å². The number of nitrogens with zero attached hydrogens (tertiary/aromatic N) is 1. The van der Waals surface area contributed by atoms with Crippen LogP contribution in [0.25, 0.3) is 0 Å². The van der Waals surface area contributed by atoms with Gasteiger partial charge < -0.3 is 21.5 Å². The maximum Gasteiger partial charge on any atom is 0.257 e. The molecule has 1 heterocycles. The van der Waals surface area contributed by atoms with E-state index in [1.165, 1.54) is 17.0 Å². The highest BCUT2D eigenvalue weighted by atomic mass is 16.3. The largest absolute Gasteiger partial charge is 0.505 e. The van der Waals surface area contributed by atoms with Gasteiger partial charge in [-0.2, -0.15) is 0 Å². The van der Waals surface area contributed by atoms with Crippen LogP contribution in [0, 0.1) is 5.92 Å². The van der Waals surface area contributed by atoms with Crippen LogP contribution in [0.5, 0.6) is 5.75 Å². The molecule has 1 aliphatic heterocycles. The highest BCUT2D eigenvalue weighted by Crippen LogP contribution is 2.27. The minimum atomic E-state index is -0.394. The van der Waals surface area contributed by atoms with Crippen molar-refractivity contribution in [2.75, 3.05) is 18.8 Å². The number of primary amides is 1. The van der Waals surface area contributed by atoms with Crippen LogP contribution < -0.4 is 11.5 Å². The molecule has 2 amide bonds. The van der Waals surface area contributed by atoms with Crippen molar-refractivity contribution in [2.24, 2.45) is 11.7 Å². The van der Waals surface area contributed by atoms with Crippen LogP contribution in [0.1, 0.15) is 23.2 Å². The summed E-state index contributed by atoms with van der Waals surface area (Å²) < 4.78 is 0. The van der Waals surface area contributed by atoms with Crippen LogP contribution in [0.15, 0.2) is 18.2 Å². The van der Waals surface area contributed by atoms with E-state index in [-0.39, 0.29) is 28.8 Å². The molecular weight excluding hydrogens is 246 g/mol. The van der Waals surface area contributed by atoms with Gasteiger partial charge in [0.2, 0.25) is 5.91 Å². The molecule has 1 aromatic rings. The van der Waals surface area contributed by atoms with Crippen molar-refractivity contribution >= 4 is 17.5 Å². The Morgan fingerprint density at radius 2 is 2.11 bits per heavy atom. The average Bonchev–Trinajstić information content (AvgIpc) is 2.41. The number of hydrogen-bond acceptors (Lipinski definition) is 4. The molecule has 1 aromatic carbocycles. The molecule has 1 saturated heterocycles. The summed E-state index contributed by atoms with van der Waals surface area (Å²) in [4.78, 5) is 25.0. The summed E-state index contributed by atoms with van der Waals surface area (Å²) >= 11 is 0. The number of amides is 2. The third kappa shape index (κ3) is 2.62. The minimum absolute atomic E-state index is 0.158. The average molecular weight is 263 g/mol. The zero-order valence-corrected chi connectivity index (χ0v) is 10.5. The third-order valence-corrected chi connectivity index (χ3v) is 3.41. The molecule has 0 aromatic heterocycles. The topological polar surface area (TPSA) is 110 Å². The number of benzene rings is 1. The molecule has 2 rings (SSSR count). The summed E-state index contributed by atoms with van der Waals surface area (Å²) in [6.45, 7) is 0.846. The molecule has 0 radical (unpaired) electrons. The first-order chi connectivity index (χ1) is 9.00. The monoisotopic (exact) mass is 263 g/mol. The van der Waals surface area contributed by atoms with Gasteiger partial charge in [-0.15, -0.1) is 0 Å². The van der Waals surface area contributed by atoms with Gasteiger partial charge in [0.25, 0.3) is 5.91 Å². The van der Waals surface area contributed by atoms with Gasteiger partial charge in [-0.3, -0.25) is 9.59 Å². The minimum Gasteiger partial charge on any atom is -0.505 e. The highest BCUT2D eigenvalue weighted by Gasteiger charge is 2.28. The summed E-state index contributed by atoms with van der Waals surface area (Å²) in [6.07, 6.45) is 1.42. The van der Waals surface area contributed by atoms with Gasteiger partial charge in [0.05, 0.1) is 17.2 Å². The van der Waals surface area contributed by atoms with Crippen LogP contribution in [-0.4, -0.2) is 34.9 Å². The normalized spacial score (nSPS) is 19.2. The Bertz CT molecular complexity index is 516. The first-order valence-electron chi connectivity index (χ1n) is 6.16. The van der Waals surface area contributed by atoms with Gasteiger partial charge in [-0.1, -0.05) is 6.07 Å². The number of phenolic OH excluding ortho intramolecular Hbond substituents is 1. The lowest BCUT2D eigenvalue weighted by atomic mass is 9.96. The van der Waals surface area contributed by atoms with Crippen molar-refractivity contribution in [2.45, 2.75) is 12.8 Å². The predicted octanol–water partition coefficient (Wildman–Crippen LogP) is 0.312. The van der Waals surface area contributed by atoms with E-state index >= 15 is 0 Å². The van der Waals surface area contributed by atoms with Crippen molar-refractivity contribution in [1.29, 1.82) is 0 Å². The molecule has 102 valence electrons. The molecule has 0 spiro atoms. The lowest BCUT2D eigenvalue weighted by molar-refractivity contribution is -0.123. The molecular formula is C13H17N3O3. The van der Waals surface area contributed by atoms with Crippen molar-refractivity contribution in [1.82, 2.24) is 4.90 Å². The van der Waals surface area contributed by atoms with E-state index in [1.807, 2.05) is 0 Å². The highest BCUT2D eigenvalue weighted by molar-refractivity contribution is 5.98. The number of nitrogens with two attached hydrogens (primary N) is 2. The van der Waals surface area contributed by atoms with E-state index in [9.17, 15) is 14.7 Å². The zero-order chi connectivity index (χ0) is 14.0. The van der Waals surface area contributed by atoms with Crippen LogP contribution in [0.2, 0.25) is 0 Å². The summed E-state index contributed by atoms with van der Waals surface area (Å²) in [6, 6.07) is 4.65. The molecule has 0 bridgehead atoms. The van der Waals surface area contributed by atoms with E-state index in [4.69, 9.17) is 11.5 Å². The van der Waals surface area contributed by atoms with Crippen molar-refractivity contribution in [3.8, 4) is 5.75 Å². The standard InChI is InChI=1S/C13H17N3O3/c14-10-5-1-4-9(11(10)17)13(19)16-6-2-3-8(7-16)12(15)18/h1,4-5,8,17H,2-3,6-7,14H2,(H2,15,18)/t8-/m0/s1. The van der Waals surface area contributed by atoms with Gasteiger partial charge in [-0.05, 0) is 25.0 Å². The van der Waals surface area contributed by atoms with Crippen molar-refractivity contribution in [3.05, 3.63) is 23.8 Å². The Hall–Kier alpha value is -2.24. The second-order valence-electron chi connectivity index (χ2n) is 4.74. The Kier molecular flexibility index (Phi) is 3.59. The van der Waals surface area contributed by atoms with E-state index in [2.05, 4.69) is 0 Å². The quantitative estimate of drug-likeness (QED) is 0.527. The van der Waals surface area contributed by atoms with Crippen molar-refractivity contribution in [3.63, 3.8) is 0 Å². The van der Waals surface area contributed by atoms with Gasteiger partial charge in [0, 0.05) is 13.1 Å². The van der Waals surface area contributed by atoms with E-state index in [1.54, 1.807) is 6.07 Å². The second kappa shape index (κ2) is 5.17. The van der Waals surface area contributed by atoms with Gasteiger partial charge in [-0.25, -0.2) is 0 Å². The first kappa shape index (κ1) is 13.2. The van der Waals surface area contributed by atoms with E-state index < -0.39 is 5.91 Å². The Balaban J connectivity index is 2.19. The number of carbonyl (C=O) groups is 2. The summed E-state index contributed by atoms with van der Waals surface area (Å²) in [5.74, 6) is -1.25. The summed E-state index contributed by atoms with van der Waals surface area (Å²) in [5, 5.41) is 9.81. The summed E-state index contributed by atoms with van der Waals surface area (Å²) in [7, 11) is 0. The third-order valence-electron chi connectivity index (χ3n) is 3.41. The molecule has 6 heteroatoms. The molecule has 0 aliphatic carbocycles. The van der Waals surface area contributed by atoms with Gasteiger partial charge >= 0.3 is 0 Å². The number of likely N-dealkylation sites (tertiary alicyclic amines) is 1. The number of phenols is 1. The molecule has 0 unspecified atom stereocenters. The first-order valence-corrected chi connectivity index (χ1v) is 6.16. The fourth-order valence-electron chi connectivity index (χ4n) is 2.30. The molecule has 19 heavy (non-hydrogen) atoms. The predicted molar refractivity (Wildman–Crippen MR) is 70.3 cm³/mol. The molecule has 6 nitrogen and oxygen atoms in total. The number of aromatic hydroxyl groups is 1. The molecule has 1 atom stereocenters. The fraction of sp³-hybridized carbons (Fsp3) is 0.385. The molecule has 5 N–H and O–H groups in total. The van der Waals surface area contributed by atoms with Crippen molar-refractivity contribution < 1.29 is 14.7 Å². The lowest BCUT2D eigenvalue weighted by Gasteiger charge is -2.31.